The van der Waals surface area contributed by atoms with Crippen molar-refractivity contribution in [2.24, 2.45) is 5.92 Å². The number of nitrogens with zero attached hydrogens (tertiary/aromatic N) is 3. The van der Waals surface area contributed by atoms with Crippen molar-refractivity contribution in [3.63, 3.8) is 0 Å². The Hall–Kier alpha value is -1.62. The zero-order chi connectivity index (χ0) is 10.8. The van der Waals surface area contributed by atoms with Crippen LogP contribution < -0.4 is 5.56 Å². The zero-order valence-corrected chi connectivity index (χ0v) is 8.50. The summed E-state index contributed by atoms with van der Waals surface area (Å²) >= 11 is 0. The summed E-state index contributed by atoms with van der Waals surface area (Å²) in [6.45, 7) is 2.50. The molecule has 0 aliphatic heterocycles. The SMILES string of the molecule is CC(CO)Cn1ccn2nccc2c1=O. The third kappa shape index (κ3) is 1.78. The van der Waals surface area contributed by atoms with Crippen LogP contribution in [0.4, 0.5) is 0 Å². The summed E-state index contributed by atoms with van der Waals surface area (Å²) in [5.74, 6) is 0.0769. The molecule has 0 aromatic carbocycles. The molecular formula is C10H13N3O2. The summed E-state index contributed by atoms with van der Waals surface area (Å²) in [6, 6.07) is 1.68. The topological polar surface area (TPSA) is 59.5 Å². The van der Waals surface area contributed by atoms with Gasteiger partial charge in [-0.2, -0.15) is 5.10 Å². The fourth-order valence-corrected chi connectivity index (χ4v) is 1.50. The first kappa shape index (κ1) is 9.92. The highest BCUT2D eigenvalue weighted by Gasteiger charge is 2.06. The maximum atomic E-state index is 11.9. The number of aliphatic hydroxyl groups is 1. The lowest BCUT2D eigenvalue weighted by Crippen LogP contribution is -2.25. The normalized spacial score (nSPS) is 13.2. The molecule has 5 heteroatoms. The number of aliphatic hydroxyl groups excluding tert-OH is 1. The van der Waals surface area contributed by atoms with Crippen molar-refractivity contribution in [1.82, 2.24) is 14.2 Å². The molecule has 80 valence electrons. The quantitative estimate of drug-likeness (QED) is 0.778. The van der Waals surface area contributed by atoms with E-state index in [-0.39, 0.29) is 18.1 Å². The van der Waals surface area contributed by atoms with Crippen LogP contribution in [0.3, 0.4) is 0 Å². The van der Waals surface area contributed by atoms with Crippen LogP contribution in [0.25, 0.3) is 5.52 Å². The second kappa shape index (κ2) is 3.86. The molecule has 1 atom stereocenters. The van der Waals surface area contributed by atoms with E-state index in [1.807, 2.05) is 6.92 Å². The third-order valence-electron chi connectivity index (χ3n) is 2.36. The molecule has 1 N–H and O–H groups in total. The van der Waals surface area contributed by atoms with Crippen LogP contribution in [0.5, 0.6) is 0 Å². The largest absolute Gasteiger partial charge is 0.396 e. The van der Waals surface area contributed by atoms with E-state index in [0.717, 1.165) is 0 Å². The van der Waals surface area contributed by atoms with E-state index in [1.165, 1.54) is 0 Å². The molecule has 0 spiro atoms. The Morgan fingerprint density at radius 2 is 2.33 bits per heavy atom. The molecule has 0 amide bonds. The molecule has 0 saturated heterocycles. The minimum absolute atomic E-state index is 0.0738. The lowest BCUT2D eigenvalue weighted by Gasteiger charge is -2.10. The smallest absolute Gasteiger partial charge is 0.276 e. The highest BCUT2D eigenvalue weighted by Crippen LogP contribution is 1.99. The first-order chi connectivity index (χ1) is 7.22. The molecule has 5 nitrogen and oxygen atoms in total. The number of fused-ring (bicyclic) bond motifs is 1. The average molecular weight is 207 g/mol. The van der Waals surface area contributed by atoms with E-state index in [2.05, 4.69) is 5.10 Å². The Balaban J connectivity index is 2.44. The zero-order valence-electron chi connectivity index (χ0n) is 8.50. The predicted molar refractivity (Wildman–Crippen MR) is 55.7 cm³/mol. The monoisotopic (exact) mass is 207 g/mol. The van der Waals surface area contributed by atoms with Crippen molar-refractivity contribution < 1.29 is 5.11 Å². The maximum absolute atomic E-state index is 11.9. The van der Waals surface area contributed by atoms with Gasteiger partial charge in [-0.05, 0) is 12.0 Å². The Kier molecular flexibility index (Phi) is 2.55. The van der Waals surface area contributed by atoms with Gasteiger partial charge in [-0.3, -0.25) is 4.79 Å². The molecule has 1 unspecified atom stereocenters. The van der Waals surface area contributed by atoms with Crippen molar-refractivity contribution in [1.29, 1.82) is 0 Å². The molecule has 2 rings (SSSR count). The second-order valence-corrected chi connectivity index (χ2v) is 3.70. The molecule has 0 radical (unpaired) electrons. The van der Waals surface area contributed by atoms with Gasteiger partial charge < -0.3 is 9.67 Å². The van der Waals surface area contributed by atoms with Crippen LogP contribution >= 0.6 is 0 Å². The van der Waals surface area contributed by atoms with E-state index in [0.29, 0.717) is 12.1 Å². The lowest BCUT2D eigenvalue weighted by molar-refractivity contribution is 0.222. The third-order valence-corrected chi connectivity index (χ3v) is 2.36. The number of aromatic nitrogens is 3. The van der Waals surface area contributed by atoms with Gasteiger partial charge in [0.2, 0.25) is 0 Å². The Morgan fingerprint density at radius 1 is 1.53 bits per heavy atom. The van der Waals surface area contributed by atoms with Crippen molar-refractivity contribution in [2.45, 2.75) is 13.5 Å². The summed E-state index contributed by atoms with van der Waals surface area (Å²) in [7, 11) is 0. The van der Waals surface area contributed by atoms with Gasteiger partial charge in [0, 0.05) is 25.5 Å². The molecule has 0 fully saturated rings. The molecule has 0 bridgehead atoms. The average Bonchev–Trinajstić information content (AvgIpc) is 2.70. The highest BCUT2D eigenvalue weighted by atomic mass is 16.3. The van der Waals surface area contributed by atoms with Crippen molar-refractivity contribution in [3.8, 4) is 0 Å². The molecular weight excluding hydrogens is 194 g/mol. The van der Waals surface area contributed by atoms with Gasteiger partial charge in [0.1, 0.15) is 5.52 Å². The molecule has 2 heterocycles. The van der Waals surface area contributed by atoms with E-state index in [4.69, 9.17) is 5.11 Å². The van der Waals surface area contributed by atoms with Crippen molar-refractivity contribution >= 4 is 5.52 Å². The minimum atomic E-state index is -0.0738. The fraction of sp³-hybridized carbons (Fsp3) is 0.400. The van der Waals surface area contributed by atoms with Crippen LogP contribution in [0.1, 0.15) is 6.92 Å². The molecule has 2 aromatic rings. The molecule has 15 heavy (non-hydrogen) atoms. The van der Waals surface area contributed by atoms with Gasteiger partial charge in [-0.25, -0.2) is 4.52 Å². The van der Waals surface area contributed by atoms with Crippen molar-refractivity contribution in [3.05, 3.63) is 35.0 Å². The van der Waals surface area contributed by atoms with Crippen LogP contribution in [-0.2, 0) is 6.54 Å². The van der Waals surface area contributed by atoms with E-state index in [9.17, 15) is 4.79 Å². The van der Waals surface area contributed by atoms with Gasteiger partial charge in [0.15, 0.2) is 0 Å². The van der Waals surface area contributed by atoms with Gasteiger partial charge in [0.25, 0.3) is 5.56 Å². The van der Waals surface area contributed by atoms with Crippen LogP contribution in [0.2, 0.25) is 0 Å². The fourth-order valence-electron chi connectivity index (χ4n) is 1.50. The minimum Gasteiger partial charge on any atom is -0.396 e. The Morgan fingerprint density at radius 3 is 3.07 bits per heavy atom. The van der Waals surface area contributed by atoms with Gasteiger partial charge in [0.05, 0.1) is 6.20 Å². The summed E-state index contributed by atoms with van der Waals surface area (Å²) in [5, 5.41) is 12.9. The summed E-state index contributed by atoms with van der Waals surface area (Å²) in [4.78, 5) is 11.9. The van der Waals surface area contributed by atoms with Crippen molar-refractivity contribution in [2.75, 3.05) is 6.61 Å². The number of hydrogen-bond donors (Lipinski definition) is 1. The standard InChI is InChI=1S/C10H13N3O2/c1-8(7-14)6-12-4-5-13-9(10(12)15)2-3-11-13/h2-5,8,14H,6-7H2,1H3. The highest BCUT2D eigenvalue weighted by molar-refractivity contribution is 5.42. The van der Waals surface area contributed by atoms with E-state index in [1.54, 1.807) is 33.7 Å². The number of rotatable bonds is 3. The summed E-state index contributed by atoms with van der Waals surface area (Å²) in [5.41, 5.74) is 0.484. The second-order valence-electron chi connectivity index (χ2n) is 3.70. The van der Waals surface area contributed by atoms with Crippen LogP contribution in [0.15, 0.2) is 29.5 Å². The maximum Gasteiger partial charge on any atom is 0.276 e. The predicted octanol–water partition coefficient (Wildman–Crippen LogP) is 0.124. The summed E-state index contributed by atoms with van der Waals surface area (Å²) in [6.07, 6.45) is 5.02. The van der Waals surface area contributed by atoms with E-state index >= 15 is 0 Å². The van der Waals surface area contributed by atoms with Gasteiger partial charge >= 0.3 is 0 Å². The molecule has 0 saturated carbocycles. The first-order valence-corrected chi connectivity index (χ1v) is 4.86. The van der Waals surface area contributed by atoms with Crippen LogP contribution in [-0.4, -0.2) is 25.9 Å². The van der Waals surface area contributed by atoms with Gasteiger partial charge in [-0.1, -0.05) is 6.92 Å². The van der Waals surface area contributed by atoms with Gasteiger partial charge in [-0.15, -0.1) is 0 Å². The summed E-state index contributed by atoms with van der Waals surface area (Å²) < 4.78 is 3.14. The van der Waals surface area contributed by atoms with Crippen LogP contribution in [0, 0.1) is 5.92 Å². The Labute approximate surface area is 86.6 Å². The Bertz CT molecular complexity index is 515. The molecule has 0 aliphatic rings. The van der Waals surface area contributed by atoms with E-state index < -0.39 is 0 Å². The first-order valence-electron chi connectivity index (χ1n) is 4.86. The molecule has 2 aromatic heterocycles. The lowest BCUT2D eigenvalue weighted by atomic mass is 10.2. The molecule has 0 aliphatic carbocycles. The number of hydrogen-bond acceptors (Lipinski definition) is 3.